The van der Waals surface area contributed by atoms with Crippen LogP contribution in [0.15, 0.2) is 42.7 Å². The molecule has 1 heterocycles. The minimum atomic E-state index is 0.164. The van der Waals surface area contributed by atoms with E-state index >= 15 is 0 Å². The summed E-state index contributed by atoms with van der Waals surface area (Å²) in [6.07, 6.45) is 3.63. The number of anilines is 1. The van der Waals surface area contributed by atoms with Gasteiger partial charge in [-0.25, -0.2) is 0 Å². The second-order valence-electron chi connectivity index (χ2n) is 5.23. The van der Waals surface area contributed by atoms with Gasteiger partial charge in [0.2, 0.25) is 0 Å². The average Bonchev–Trinajstić information content (AvgIpc) is 2.52. The molecule has 1 aromatic heterocycles. The van der Waals surface area contributed by atoms with E-state index in [0.29, 0.717) is 21.7 Å². The number of rotatable bonds is 5. The lowest BCUT2D eigenvalue weighted by molar-refractivity contribution is 0.298. The highest BCUT2D eigenvalue weighted by molar-refractivity contribution is 7.80. The molecule has 0 fully saturated rings. The smallest absolute Gasteiger partial charge is 0.170 e. The fourth-order valence-corrected chi connectivity index (χ4v) is 2.61. The predicted octanol–water partition coefficient (Wildman–Crippen LogP) is 3.98. The van der Waals surface area contributed by atoms with E-state index in [2.05, 4.69) is 26.6 Å². The standard InChI is InChI=1S/C16H18Cl2N4S/c1-22(2)15(11-4-3-7-19-9-11)10-20-16(23)21-12-5-6-13(17)14(18)8-12/h3-9,15H,10H2,1-2H3,(H2,20,21,23)/t15-/m1/s1. The number of likely N-dealkylation sites (N-methyl/N-ethyl adjacent to an activating group) is 1. The number of hydrogen-bond donors (Lipinski definition) is 2. The number of nitrogens with zero attached hydrogens (tertiary/aromatic N) is 2. The number of aromatic nitrogens is 1. The quantitative estimate of drug-likeness (QED) is 0.781. The molecule has 0 unspecified atom stereocenters. The molecule has 1 atom stereocenters. The first kappa shape index (κ1) is 17.9. The number of nitrogens with one attached hydrogen (secondary N) is 2. The number of thiocarbonyl (C=S) groups is 1. The second kappa shape index (κ2) is 8.45. The van der Waals surface area contributed by atoms with Crippen molar-refractivity contribution in [2.75, 3.05) is 26.0 Å². The third kappa shape index (κ3) is 5.32. The minimum absolute atomic E-state index is 0.164. The van der Waals surface area contributed by atoms with E-state index in [-0.39, 0.29) is 6.04 Å². The van der Waals surface area contributed by atoms with Crippen molar-refractivity contribution in [2.45, 2.75) is 6.04 Å². The Morgan fingerprint density at radius 1 is 1.26 bits per heavy atom. The Kier molecular flexibility index (Phi) is 6.59. The van der Waals surface area contributed by atoms with Gasteiger partial charge in [-0.2, -0.15) is 0 Å². The average molecular weight is 369 g/mol. The van der Waals surface area contributed by atoms with Gasteiger partial charge in [-0.15, -0.1) is 0 Å². The first-order chi connectivity index (χ1) is 11.0. The number of pyridine rings is 1. The summed E-state index contributed by atoms with van der Waals surface area (Å²) < 4.78 is 0. The Morgan fingerprint density at radius 3 is 2.65 bits per heavy atom. The van der Waals surface area contributed by atoms with Crippen LogP contribution in [0.4, 0.5) is 5.69 Å². The highest BCUT2D eigenvalue weighted by Gasteiger charge is 2.14. The Hall–Kier alpha value is -1.40. The van der Waals surface area contributed by atoms with Crippen LogP contribution < -0.4 is 10.6 Å². The SMILES string of the molecule is CN(C)[C@H](CNC(=S)Nc1ccc(Cl)c(Cl)c1)c1cccnc1. The van der Waals surface area contributed by atoms with Crippen molar-refractivity contribution in [1.82, 2.24) is 15.2 Å². The van der Waals surface area contributed by atoms with Crippen LogP contribution in [0.5, 0.6) is 0 Å². The fraction of sp³-hybridized carbons (Fsp3) is 0.250. The van der Waals surface area contributed by atoms with Gasteiger partial charge >= 0.3 is 0 Å². The molecule has 0 saturated carbocycles. The molecule has 1 aromatic carbocycles. The van der Waals surface area contributed by atoms with Crippen molar-refractivity contribution in [2.24, 2.45) is 0 Å². The summed E-state index contributed by atoms with van der Waals surface area (Å²) >= 11 is 17.2. The van der Waals surface area contributed by atoms with Crippen LogP contribution in [-0.4, -0.2) is 35.6 Å². The largest absolute Gasteiger partial charge is 0.361 e. The van der Waals surface area contributed by atoms with Crippen molar-refractivity contribution in [1.29, 1.82) is 0 Å². The zero-order chi connectivity index (χ0) is 16.8. The minimum Gasteiger partial charge on any atom is -0.361 e. The van der Waals surface area contributed by atoms with E-state index in [4.69, 9.17) is 35.4 Å². The van der Waals surface area contributed by atoms with E-state index in [1.54, 1.807) is 18.3 Å². The molecule has 0 spiro atoms. The molecule has 2 aromatic rings. The first-order valence-electron chi connectivity index (χ1n) is 7.03. The van der Waals surface area contributed by atoms with Crippen molar-refractivity contribution in [3.63, 3.8) is 0 Å². The molecule has 0 amide bonds. The van der Waals surface area contributed by atoms with Crippen LogP contribution in [0.25, 0.3) is 0 Å². The van der Waals surface area contributed by atoms with E-state index in [1.807, 2.05) is 32.4 Å². The van der Waals surface area contributed by atoms with Gasteiger partial charge in [0.1, 0.15) is 0 Å². The van der Waals surface area contributed by atoms with Crippen LogP contribution in [0.2, 0.25) is 10.0 Å². The maximum Gasteiger partial charge on any atom is 0.170 e. The topological polar surface area (TPSA) is 40.2 Å². The molecule has 0 radical (unpaired) electrons. The van der Waals surface area contributed by atoms with Gasteiger partial charge in [0.25, 0.3) is 0 Å². The zero-order valence-corrected chi connectivity index (χ0v) is 15.2. The van der Waals surface area contributed by atoms with Gasteiger partial charge < -0.3 is 15.5 Å². The molecule has 4 nitrogen and oxygen atoms in total. The lowest BCUT2D eigenvalue weighted by Gasteiger charge is -2.25. The zero-order valence-electron chi connectivity index (χ0n) is 12.9. The molecule has 122 valence electrons. The van der Waals surface area contributed by atoms with E-state index in [0.717, 1.165) is 11.3 Å². The van der Waals surface area contributed by atoms with Gasteiger partial charge in [0, 0.05) is 24.6 Å². The molecular formula is C16H18Cl2N4S. The Labute approximate surface area is 151 Å². The summed E-state index contributed by atoms with van der Waals surface area (Å²) in [6.45, 7) is 0.659. The Morgan fingerprint density at radius 2 is 2.04 bits per heavy atom. The van der Waals surface area contributed by atoms with E-state index in [9.17, 15) is 0 Å². The third-order valence-electron chi connectivity index (χ3n) is 3.33. The van der Waals surface area contributed by atoms with Gasteiger partial charge in [0.05, 0.1) is 16.1 Å². The summed E-state index contributed by atoms with van der Waals surface area (Å²) in [5.41, 5.74) is 1.92. The van der Waals surface area contributed by atoms with Crippen molar-refractivity contribution >= 4 is 46.2 Å². The number of hydrogen-bond acceptors (Lipinski definition) is 3. The van der Waals surface area contributed by atoms with Crippen LogP contribution in [-0.2, 0) is 0 Å². The van der Waals surface area contributed by atoms with Crippen molar-refractivity contribution in [3.8, 4) is 0 Å². The normalized spacial score (nSPS) is 12.0. The summed E-state index contributed by atoms with van der Waals surface area (Å²) in [4.78, 5) is 6.29. The molecule has 0 aliphatic carbocycles. The number of halogens is 2. The number of benzene rings is 1. The highest BCUT2D eigenvalue weighted by Crippen LogP contribution is 2.25. The van der Waals surface area contributed by atoms with Gasteiger partial charge in [-0.3, -0.25) is 4.98 Å². The summed E-state index contributed by atoms with van der Waals surface area (Å²) in [5, 5.41) is 7.85. The lowest BCUT2D eigenvalue weighted by Crippen LogP contribution is -2.36. The molecule has 23 heavy (non-hydrogen) atoms. The van der Waals surface area contributed by atoms with Gasteiger partial charge in [-0.05, 0) is 56.1 Å². The second-order valence-corrected chi connectivity index (χ2v) is 6.45. The van der Waals surface area contributed by atoms with Crippen LogP contribution in [0, 0.1) is 0 Å². The third-order valence-corrected chi connectivity index (χ3v) is 4.31. The first-order valence-corrected chi connectivity index (χ1v) is 8.20. The highest BCUT2D eigenvalue weighted by atomic mass is 35.5. The Bertz CT molecular complexity index is 664. The summed E-state index contributed by atoms with van der Waals surface area (Å²) in [7, 11) is 4.05. The van der Waals surface area contributed by atoms with Crippen LogP contribution in [0.3, 0.4) is 0 Å². The fourth-order valence-electron chi connectivity index (χ4n) is 2.11. The molecular weight excluding hydrogens is 351 g/mol. The molecule has 7 heteroatoms. The molecule has 2 N–H and O–H groups in total. The lowest BCUT2D eigenvalue weighted by atomic mass is 10.1. The van der Waals surface area contributed by atoms with Crippen LogP contribution >= 0.6 is 35.4 Å². The van der Waals surface area contributed by atoms with E-state index < -0.39 is 0 Å². The van der Waals surface area contributed by atoms with Gasteiger partial charge in [0.15, 0.2) is 5.11 Å². The monoisotopic (exact) mass is 368 g/mol. The predicted molar refractivity (Wildman–Crippen MR) is 101 cm³/mol. The Balaban J connectivity index is 1.95. The molecule has 2 rings (SSSR count). The van der Waals surface area contributed by atoms with Crippen molar-refractivity contribution < 1.29 is 0 Å². The van der Waals surface area contributed by atoms with Crippen molar-refractivity contribution in [3.05, 3.63) is 58.3 Å². The molecule has 0 saturated heterocycles. The van der Waals surface area contributed by atoms with Gasteiger partial charge in [-0.1, -0.05) is 29.3 Å². The molecule has 0 aliphatic heterocycles. The molecule has 0 bridgehead atoms. The maximum atomic E-state index is 6.00. The van der Waals surface area contributed by atoms with Crippen LogP contribution in [0.1, 0.15) is 11.6 Å². The van der Waals surface area contributed by atoms with E-state index in [1.165, 1.54) is 0 Å². The maximum absolute atomic E-state index is 6.00. The molecule has 0 aliphatic rings. The summed E-state index contributed by atoms with van der Waals surface area (Å²) in [6, 6.07) is 9.44. The summed E-state index contributed by atoms with van der Waals surface area (Å²) in [5.74, 6) is 0.